The lowest BCUT2D eigenvalue weighted by molar-refractivity contribution is 0.105. The highest BCUT2D eigenvalue weighted by Crippen LogP contribution is 2.44. The molecule has 0 aromatic heterocycles. The van der Waals surface area contributed by atoms with Gasteiger partial charge in [0, 0.05) is 12.1 Å². The second-order valence-corrected chi connectivity index (χ2v) is 5.97. The molecule has 0 aromatic carbocycles. The zero-order valence-corrected chi connectivity index (χ0v) is 9.49. The molecule has 3 aliphatic carbocycles. The molecule has 3 rings (SSSR count). The maximum atomic E-state index is 9.65. The topological polar surface area (TPSA) is 32.3 Å². The van der Waals surface area contributed by atoms with Crippen molar-refractivity contribution in [3.05, 3.63) is 0 Å². The van der Waals surface area contributed by atoms with Gasteiger partial charge in [0.1, 0.15) is 0 Å². The minimum Gasteiger partial charge on any atom is -0.393 e. The molecule has 2 N–H and O–H groups in total. The molecule has 5 atom stereocenters. The van der Waals surface area contributed by atoms with Gasteiger partial charge in [-0.25, -0.2) is 0 Å². The molecular weight excluding hydrogens is 186 g/mol. The maximum absolute atomic E-state index is 9.65. The van der Waals surface area contributed by atoms with Crippen LogP contribution >= 0.6 is 0 Å². The zero-order chi connectivity index (χ0) is 10.3. The van der Waals surface area contributed by atoms with Gasteiger partial charge in [0.15, 0.2) is 0 Å². The average Bonchev–Trinajstić information content (AvgIpc) is 2.79. The predicted molar refractivity (Wildman–Crippen MR) is 60.6 cm³/mol. The van der Waals surface area contributed by atoms with E-state index in [1.54, 1.807) is 0 Å². The van der Waals surface area contributed by atoms with Crippen molar-refractivity contribution in [3.8, 4) is 0 Å². The van der Waals surface area contributed by atoms with Crippen molar-refractivity contribution >= 4 is 0 Å². The van der Waals surface area contributed by atoms with Crippen molar-refractivity contribution in [1.29, 1.82) is 0 Å². The lowest BCUT2D eigenvalue weighted by Gasteiger charge is -2.32. The van der Waals surface area contributed by atoms with E-state index in [0.717, 1.165) is 30.7 Å². The summed E-state index contributed by atoms with van der Waals surface area (Å²) in [5.74, 6) is 2.00. The molecule has 0 aliphatic heterocycles. The molecule has 5 unspecified atom stereocenters. The lowest BCUT2D eigenvalue weighted by Crippen LogP contribution is -2.44. The van der Waals surface area contributed by atoms with Gasteiger partial charge in [-0.15, -0.1) is 0 Å². The summed E-state index contributed by atoms with van der Waals surface area (Å²) in [6.45, 7) is 0. The molecule has 3 fully saturated rings. The molecule has 0 spiro atoms. The monoisotopic (exact) mass is 209 g/mol. The largest absolute Gasteiger partial charge is 0.393 e. The molecule has 0 saturated heterocycles. The lowest BCUT2D eigenvalue weighted by atomic mass is 9.89. The van der Waals surface area contributed by atoms with Crippen LogP contribution < -0.4 is 5.32 Å². The molecule has 86 valence electrons. The molecule has 0 heterocycles. The van der Waals surface area contributed by atoms with Crippen LogP contribution in [0.5, 0.6) is 0 Å². The number of fused-ring (bicyclic) bond motifs is 2. The van der Waals surface area contributed by atoms with Crippen LogP contribution in [0.25, 0.3) is 0 Å². The first-order valence-electron chi connectivity index (χ1n) is 6.75. The number of rotatable bonds is 2. The molecule has 0 radical (unpaired) electrons. The van der Waals surface area contributed by atoms with Crippen LogP contribution in [0.3, 0.4) is 0 Å². The Labute approximate surface area is 92.4 Å². The third kappa shape index (κ3) is 2.07. The minimum atomic E-state index is -0.0326. The number of nitrogens with one attached hydrogen (secondary N) is 1. The van der Waals surface area contributed by atoms with Crippen molar-refractivity contribution in [3.63, 3.8) is 0 Å². The summed E-state index contributed by atoms with van der Waals surface area (Å²) in [7, 11) is 0. The van der Waals surface area contributed by atoms with Crippen LogP contribution in [0.2, 0.25) is 0 Å². The van der Waals surface area contributed by atoms with Gasteiger partial charge in [0.25, 0.3) is 0 Å². The SMILES string of the molecule is OC1CCCC(NC2CC3CCC2C3)C1. The summed E-state index contributed by atoms with van der Waals surface area (Å²) in [5.41, 5.74) is 0. The van der Waals surface area contributed by atoms with Crippen molar-refractivity contribution in [1.82, 2.24) is 5.32 Å². The number of aliphatic hydroxyl groups is 1. The maximum Gasteiger partial charge on any atom is 0.0555 e. The summed E-state index contributed by atoms with van der Waals surface area (Å²) >= 11 is 0. The highest BCUT2D eigenvalue weighted by atomic mass is 16.3. The Kier molecular flexibility index (Phi) is 2.73. The highest BCUT2D eigenvalue weighted by Gasteiger charge is 2.40. The van der Waals surface area contributed by atoms with Crippen LogP contribution in [-0.2, 0) is 0 Å². The Balaban J connectivity index is 1.52. The van der Waals surface area contributed by atoms with E-state index in [9.17, 15) is 5.11 Å². The van der Waals surface area contributed by atoms with Crippen molar-refractivity contribution in [2.45, 2.75) is 69.6 Å². The van der Waals surface area contributed by atoms with Crippen LogP contribution in [0, 0.1) is 11.8 Å². The van der Waals surface area contributed by atoms with E-state index in [4.69, 9.17) is 0 Å². The van der Waals surface area contributed by atoms with Gasteiger partial charge in [-0.2, -0.15) is 0 Å². The molecule has 3 saturated carbocycles. The summed E-state index contributed by atoms with van der Waals surface area (Å²) in [5, 5.41) is 13.5. The van der Waals surface area contributed by atoms with E-state index in [0.29, 0.717) is 6.04 Å². The molecular formula is C13H23NO. The van der Waals surface area contributed by atoms with Crippen molar-refractivity contribution in [2.24, 2.45) is 11.8 Å². The quantitative estimate of drug-likeness (QED) is 0.729. The molecule has 0 amide bonds. The van der Waals surface area contributed by atoms with Crippen LogP contribution in [0.4, 0.5) is 0 Å². The van der Waals surface area contributed by atoms with E-state index in [1.165, 1.54) is 38.5 Å². The Morgan fingerprint density at radius 2 is 1.87 bits per heavy atom. The van der Waals surface area contributed by atoms with E-state index in [-0.39, 0.29) is 6.10 Å². The first kappa shape index (κ1) is 10.1. The fraction of sp³-hybridized carbons (Fsp3) is 1.00. The van der Waals surface area contributed by atoms with Gasteiger partial charge >= 0.3 is 0 Å². The van der Waals surface area contributed by atoms with Crippen LogP contribution in [-0.4, -0.2) is 23.3 Å². The number of hydrogen-bond acceptors (Lipinski definition) is 2. The van der Waals surface area contributed by atoms with Gasteiger partial charge in [0.2, 0.25) is 0 Å². The second-order valence-electron chi connectivity index (χ2n) is 5.97. The fourth-order valence-electron chi connectivity index (χ4n) is 4.07. The second kappa shape index (κ2) is 4.06. The molecule has 3 aliphatic rings. The first-order valence-corrected chi connectivity index (χ1v) is 6.75. The summed E-state index contributed by atoms with van der Waals surface area (Å²) in [6.07, 6.45) is 10.3. The fourth-order valence-corrected chi connectivity index (χ4v) is 4.07. The van der Waals surface area contributed by atoms with Gasteiger partial charge < -0.3 is 10.4 Å². The normalized spacial score (nSPS) is 49.8. The summed E-state index contributed by atoms with van der Waals surface area (Å²) in [6, 6.07) is 1.40. The van der Waals surface area contributed by atoms with E-state index < -0.39 is 0 Å². The van der Waals surface area contributed by atoms with Crippen molar-refractivity contribution in [2.75, 3.05) is 0 Å². The first-order chi connectivity index (χ1) is 7.31. The van der Waals surface area contributed by atoms with Crippen LogP contribution in [0.15, 0.2) is 0 Å². The Morgan fingerprint density at radius 3 is 2.53 bits per heavy atom. The molecule has 0 aromatic rings. The standard InChI is InChI=1S/C13H23NO/c15-12-3-1-2-11(8-12)14-13-7-9-4-5-10(13)6-9/h9-15H,1-8H2. The Bertz CT molecular complexity index is 231. The molecule has 15 heavy (non-hydrogen) atoms. The van der Waals surface area contributed by atoms with Gasteiger partial charge in [0.05, 0.1) is 6.10 Å². The van der Waals surface area contributed by atoms with E-state index >= 15 is 0 Å². The smallest absolute Gasteiger partial charge is 0.0555 e. The third-order valence-electron chi connectivity index (χ3n) is 4.83. The summed E-state index contributed by atoms with van der Waals surface area (Å²) in [4.78, 5) is 0. The van der Waals surface area contributed by atoms with Gasteiger partial charge in [-0.05, 0) is 56.8 Å². The minimum absolute atomic E-state index is 0.0326. The Morgan fingerprint density at radius 1 is 0.933 bits per heavy atom. The van der Waals surface area contributed by atoms with Crippen LogP contribution in [0.1, 0.15) is 51.4 Å². The molecule has 2 bridgehead atoms. The van der Waals surface area contributed by atoms with E-state index in [1.807, 2.05) is 0 Å². The van der Waals surface area contributed by atoms with E-state index in [2.05, 4.69) is 5.32 Å². The summed E-state index contributed by atoms with van der Waals surface area (Å²) < 4.78 is 0. The van der Waals surface area contributed by atoms with Crippen molar-refractivity contribution < 1.29 is 5.11 Å². The number of hydrogen-bond donors (Lipinski definition) is 2. The highest BCUT2D eigenvalue weighted by molar-refractivity contribution is 4.96. The average molecular weight is 209 g/mol. The Hall–Kier alpha value is -0.0800. The van der Waals surface area contributed by atoms with Gasteiger partial charge in [-0.3, -0.25) is 0 Å². The number of aliphatic hydroxyl groups excluding tert-OH is 1. The van der Waals surface area contributed by atoms with Gasteiger partial charge in [-0.1, -0.05) is 6.42 Å². The zero-order valence-electron chi connectivity index (χ0n) is 9.49. The molecule has 2 heteroatoms. The molecule has 2 nitrogen and oxygen atoms in total. The predicted octanol–water partition coefficient (Wildman–Crippen LogP) is 2.07. The third-order valence-corrected chi connectivity index (χ3v) is 4.83.